The van der Waals surface area contributed by atoms with Crippen LogP contribution in [0.3, 0.4) is 0 Å². The first-order valence-corrected chi connectivity index (χ1v) is 7.55. The smallest absolute Gasteiger partial charge is 0.145 e. The van der Waals surface area contributed by atoms with Crippen LogP contribution in [0.25, 0.3) is 0 Å². The van der Waals surface area contributed by atoms with Gasteiger partial charge in [0.2, 0.25) is 0 Å². The van der Waals surface area contributed by atoms with Crippen molar-refractivity contribution in [3.8, 4) is 0 Å². The molecule has 1 aliphatic heterocycles. The molecule has 0 bridgehead atoms. The molecular formula is C15H27N5. The van der Waals surface area contributed by atoms with Gasteiger partial charge in [-0.25, -0.2) is 15.8 Å². The molecule has 1 aromatic heterocycles. The summed E-state index contributed by atoms with van der Waals surface area (Å²) in [7, 11) is 0. The van der Waals surface area contributed by atoms with Gasteiger partial charge in [-0.2, -0.15) is 0 Å². The predicted octanol–water partition coefficient (Wildman–Crippen LogP) is 2.69. The van der Waals surface area contributed by atoms with Crippen LogP contribution in [0.5, 0.6) is 0 Å². The number of hydrogen-bond donors (Lipinski definition) is 2. The van der Waals surface area contributed by atoms with Crippen LogP contribution < -0.4 is 16.2 Å². The first-order chi connectivity index (χ1) is 9.44. The van der Waals surface area contributed by atoms with Gasteiger partial charge in [-0.3, -0.25) is 0 Å². The molecule has 2 heterocycles. The van der Waals surface area contributed by atoms with E-state index < -0.39 is 0 Å². The van der Waals surface area contributed by atoms with Crippen molar-refractivity contribution >= 4 is 11.6 Å². The van der Waals surface area contributed by atoms with Crippen LogP contribution in [-0.4, -0.2) is 23.1 Å². The molecule has 0 saturated carbocycles. The second kappa shape index (κ2) is 5.95. The third-order valence-corrected chi connectivity index (χ3v) is 4.05. The molecule has 5 heteroatoms. The maximum atomic E-state index is 5.55. The van der Waals surface area contributed by atoms with E-state index in [0.29, 0.717) is 5.82 Å². The van der Waals surface area contributed by atoms with E-state index in [9.17, 15) is 0 Å². The summed E-state index contributed by atoms with van der Waals surface area (Å²) in [5, 5.41) is 0. The molecule has 0 radical (unpaired) electrons. The number of rotatable bonds is 3. The highest BCUT2D eigenvalue weighted by atomic mass is 15.3. The molecule has 1 aliphatic rings. The molecule has 0 atom stereocenters. The molecule has 0 aromatic carbocycles. The highest BCUT2D eigenvalue weighted by Gasteiger charge is 2.23. The van der Waals surface area contributed by atoms with Gasteiger partial charge in [0, 0.05) is 24.6 Å². The van der Waals surface area contributed by atoms with E-state index in [2.05, 4.69) is 43.0 Å². The van der Waals surface area contributed by atoms with Crippen molar-refractivity contribution in [2.24, 2.45) is 11.8 Å². The van der Waals surface area contributed by atoms with Crippen molar-refractivity contribution in [3.05, 3.63) is 11.9 Å². The van der Waals surface area contributed by atoms with Crippen LogP contribution >= 0.6 is 0 Å². The quantitative estimate of drug-likeness (QED) is 0.657. The minimum atomic E-state index is -0.0800. The Morgan fingerprint density at radius 2 is 1.95 bits per heavy atom. The summed E-state index contributed by atoms with van der Waals surface area (Å²) >= 11 is 0. The van der Waals surface area contributed by atoms with Gasteiger partial charge in [0.05, 0.1) is 0 Å². The lowest BCUT2D eigenvalue weighted by Crippen LogP contribution is -2.35. The molecule has 20 heavy (non-hydrogen) atoms. The van der Waals surface area contributed by atoms with Gasteiger partial charge in [-0.05, 0) is 18.8 Å². The van der Waals surface area contributed by atoms with Crippen LogP contribution in [0, 0.1) is 5.92 Å². The van der Waals surface area contributed by atoms with Crippen molar-refractivity contribution in [1.82, 2.24) is 9.97 Å². The monoisotopic (exact) mass is 277 g/mol. The normalized spacial score (nSPS) is 17.4. The highest BCUT2D eigenvalue weighted by Crippen LogP contribution is 2.27. The largest absolute Gasteiger partial charge is 0.356 e. The summed E-state index contributed by atoms with van der Waals surface area (Å²) in [6, 6.07) is 1.95. The molecule has 0 amide bonds. The van der Waals surface area contributed by atoms with Crippen LogP contribution in [0.2, 0.25) is 0 Å². The third-order valence-electron chi connectivity index (χ3n) is 4.05. The number of nitrogens with zero attached hydrogens (tertiary/aromatic N) is 3. The molecule has 0 aliphatic carbocycles. The minimum Gasteiger partial charge on any atom is -0.356 e. The van der Waals surface area contributed by atoms with Gasteiger partial charge in [0.15, 0.2) is 0 Å². The van der Waals surface area contributed by atoms with Crippen LogP contribution in [-0.2, 0) is 5.41 Å². The lowest BCUT2D eigenvalue weighted by molar-refractivity contribution is 0.393. The van der Waals surface area contributed by atoms with Crippen molar-refractivity contribution in [2.45, 2.75) is 52.4 Å². The molecule has 2 rings (SSSR count). The number of nitrogen functional groups attached to an aromatic ring is 1. The number of aromatic nitrogens is 2. The van der Waals surface area contributed by atoms with Crippen LogP contribution in [0.15, 0.2) is 6.07 Å². The first kappa shape index (κ1) is 15.0. The molecule has 1 aromatic rings. The Morgan fingerprint density at radius 1 is 1.30 bits per heavy atom. The summed E-state index contributed by atoms with van der Waals surface area (Å²) in [4.78, 5) is 11.6. The van der Waals surface area contributed by atoms with Gasteiger partial charge in [-0.15, -0.1) is 0 Å². The molecule has 5 nitrogen and oxygen atoms in total. The summed E-state index contributed by atoms with van der Waals surface area (Å²) < 4.78 is 0. The van der Waals surface area contributed by atoms with Gasteiger partial charge in [0.1, 0.15) is 17.5 Å². The lowest BCUT2D eigenvalue weighted by atomic mass is 9.94. The second-order valence-corrected chi connectivity index (χ2v) is 6.67. The number of nitrogens with one attached hydrogen (secondary N) is 1. The van der Waals surface area contributed by atoms with Crippen molar-refractivity contribution in [1.29, 1.82) is 0 Å². The van der Waals surface area contributed by atoms with E-state index in [-0.39, 0.29) is 5.41 Å². The standard InChI is InChI=1S/C15H27N5/c1-5-11-6-8-20(9-7-11)13-10-12(19-16)17-14(18-13)15(2,3)4/h10-11H,5-9,16H2,1-4H3,(H,17,18,19). The lowest BCUT2D eigenvalue weighted by Gasteiger charge is -2.33. The fourth-order valence-electron chi connectivity index (χ4n) is 2.58. The molecule has 0 spiro atoms. The van der Waals surface area contributed by atoms with Gasteiger partial charge >= 0.3 is 0 Å². The van der Waals surface area contributed by atoms with Crippen LogP contribution in [0.1, 0.15) is 52.8 Å². The average molecular weight is 277 g/mol. The summed E-state index contributed by atoms with van der Waals surface area (Å²) in [5.74, 6) is 8.93. The number of hydrazine groups is 1. The Labute approximate surface area is 121 Å². The van der Waals surface area contributed by atoms with Gasteiger partial charge < -0.3 is 10.3 Å². The zero-order valence-electron chi connectivity index (χ0n) is 13.1. The van der Waals surface area contributed by atoms with Crippen molar-refractivity contribution in [3.63, 3.8) is 0 Å². The predicted molar refractivity (Wildman–Crippen MR) is 83.8 cm³/mol. The highest BCUT2D eigenvalue weighted by molar-refractivity contribution is 5.49. The summed E-state index contributed by atoms with van der Waals surface area (Å²) in [6.45, 7) is 10.8. The van der Waals surface area contributed by atoms with Gasteiger partial charge in [-0.1, -0.05) is 34.1 Å². The number of hydrogen-bond acceptors (Lipinski definition) is 5. The minimum absolute atomic E-state index is 0.0800. The first-order valence-electron chi connectivity index (χ1n) is 7.55. The molecule has 3 N–H and O–H groups in total. The Bertz CT molecular complexity index is 444. The molecule has 1 fully saturated rings. The SMILES string of the molecule is CCC1CCN(c2cc(NN)nc(C(C)(C)C)n2)CC1. The topological polar surface area (TPSA) is 67.1 Å². The number of piperidine rings is 1. The fraction of sp³-hybridized carbons (Fsp3) is 0.733. The fourth-order valence-corrected chi connectivity index (χ4v) is 2.58. The van der Waals surface area contributed by atoms with E-state index in [1.807, 2.05) is 6.07 Å². The number of anilines is 2. The van der Waals surface area contributed by atoms with E-state index in [1.54, 1.807) is 0 Å². The Morgan fingerprint density at radius 3 is 2.45 bits per heavy atom. The molecule has 1 saturated heterocycles. The van der Waals surface area contributed by atoms with E-state index >= 15 is 0 Å². The second-order valence-electron chi connectivity index (χ2n) is 6.67. The number of nitrogens with two attached hydrogens (primary N) is 1. The van der Waals surface area contributed by atoms with E-state index in [4.69, 9.17) is 10.8 Å². The maximum absolute atomic E-state index is 5.55. The zero-order valence-corrected chi connectivity index (χ0v) is 13.1. The molecule has 112 valence electrons. The molecule has 0 unspecified atom stereocenters. The Hall–Kier alpha value is -1.36. The third kappa shape index (κ3) is 3.39. The van der Waals surface area contributed by atoms with Crippen molar-refractivity contribution in [2.75, 3.05) is 23.4 Å². The van der Waals surface area contributed by atoms with Crippen LogP contribution in [0.4, 0.5) is 11.6 Å². The summed E-state index contributed by atoms with van der Waals surface area (Å²) in [6.07, 6.45) is 3.77. The zero-order chi connectivity index (χ0) is 14.8. The van der Waals surface area contributed by atoms with Crippen molar-refractivity contribution < 1.29 is 0 Å². The Balaban J connectivity index is 2.23. The summed E-state index contributed by atoms with van der Waals surface area (Å²) in [5.41, 5.74) is 2.58. The molecular weight excluding hydrogens is 250 g/mol. The average Bonchev–Trinajstić information content (AvgIpc) is 2.46. The maximum Gasteiger partial charge on any atom is 0.145 e. The van der Waals surface area contributed by atoms with E-state index in [0.717, 1.165) is 30.6 Å². The van der Waals surface area contributed by atoms with E-state index in [1.165, 1.54) is 19.3 Å². The van der Waals surface area contributed by atoms with Gasteiger partial charge in [0.25, 0.3) is 0 Å². The Kier molecular flexibility index (Phi) is 4.48.